The summed E-state index contributed by atoms with van der Waals surface area (Å²) in [6.45, 7) is -0.269. The molecule has 0 bridgehead atoms. The number of benzene rings is 1. The van der Waals surface area contributed by atoms with Gasteiger partial charge in [-0.25, -0.2) is 4.79 Å². The first kappa shape index (κ1) is 15.5. The van der Waals surface area contributed by atoms with Gasteiger partial charge in [-0.3, -0.25) is 4.79 Å². The third kappa shape index (κ3) is 6.26. The number of carboxylic acid groups (broad SMARTS) is 1. The molecule has 1 atom stereocenters. The van der Waals surface area contributed by atoms with Gasteiger partial charge in [0.2, 0.25) is 5.91 Å². The lowest BCUT2D eigenvalue weighted by Crippen LogP contribution is -2.42. The molecule has 6 heteroatoms. The monoisotopic (exact) mass is 283 g/mol. The number of hydrogen-bond donors (Lipinski definition) is 3. The van der Waals surface area contributed by atoms with Crippen molar-refractivity contribution < 1.29 is 19.8 Å². The van der Waals surface area contributed by atoms with Gasteiger partial charge in [0, 0.05) is 18.8 Å². The minimum atomic E-state index is -1.13. The molecular weight excluding hydrogens is 266 g/mol. The fourth-order valence-corrected chi connectivity index (χ4v) is 2.26. The SMILES string of the molecule is O=C(CSCc1ccccc1)NC(CCO)C(=O)O. The Bertz CT molecular complexity index is 410. The molecule has 5 nitrogen and oxygen atoms in total. The zero-order chi connectivity index (χ0) is 14.1. The predicted octanol–water partition coefficient (Wildman–Crippen LogP) is 0.872. The van der Waals surface area contributed by atoms with Crippen LogP contribution in [0.5, 0.6) is 0 Å². The van der Waals surface area contributed by atoms with Crippen LogP contribution in [0.3, 0.4) is 0 Å². The maximum atomic E-state index is 11.5. The summed E-state index contributed by atoms with van der Waals surface area (Å²) in [5.41, 5.74) is 1.12. The van der Waals surface area contributed by atoms with E-state index in [-0.39, 0.29) is 24.7 Å². The molecule has 104 valence electrons. The molecule has 3 N–H and O–H groups in total. The lowest BCUT2D eigenvalue weighted by Gasteiger charge is -2.12. The van der Waals surface area contributed by atoms with Crippen molar-refractivity contribution in [2.75, 3.05) is 12.4 Å². The molecule has 0 fully saturated rings. The zero-order valence-electron chi connectivity index (χ0n) is 10.4. The smallest absolute Gasteiger partial charge is 0.326 e. The standard InChI is InChI=1S/C13H17NO4S/c15-7-6-11(13(17)18)14-12(16)9-19-8-10-4-2-1-3-5-10/h1-5,11,15H,6-9H2,(H,14,16)(H,17,18). The van der Waals surface area contributed by atoms with Gasteiger partial charge in [-0.05, 0) is 5.56 Å². The van der Waals surface area contributed by atoms with Crippen LogP contribution < -0.4 is 5.32 Å². The highest BCUT2D eigenvalue weighted by Crippen LogP contribution is 2.11. The zero-order valence-corrected chi connectivity index (χ0v) is 11.2. The average molecular weight is 283 g/mol. The number of aliphatic carboxylic acids is 1. The lowest BCUT2D eigenvalue weighted by atomic mass is 10.2. The first-order valence-electron chi connectivity index (χ1n) is 5.88. The average Bonchev–Trinajstić information content (AvgIpc) is 2.39. The number of amides is 1. The van der Waals surface area contributed by atoms with Crippen LogP contribution in [0.2, 0.25) is 0 Å². The van der Waals surface area contributed by atoms with Crippen LogP contribution in [-0.2, 0) is 15.3 Å². The summed E-state index contributed by atoms with van der Waals surface area (Å²) in [4.78, 5) is 22.3. The van der Waals surface area contributed by atoms with Crippen molar-refractivity contribution in [3.05, 3.63) is 35.9 Å². The number of carbonyl (C=O) groups is 2. The van der Waals surface area contributed by atoms with Crippen molar-refractivity contribution in [2.45, 2.75) is 18.2 Å². The molecule has 19 heavy (non-hydrogen) atoms. The summed E-state index contributed by atoms with van der Waals surface area (Å²) in [5, 5.41) is 19.9. The minimum absolute atomic E-state index is 0.0183. The Morgan fingerprint density at radius 3 is 2.53 bits per heavy atom. The van der Waals surface area contributed by atoms with E-state index in [1.165, 1.54) is 11.8 Å². The Morgan fingerprint density at radius 2 is 1.95 bits per heavy atom. The van der Waals surface area contributed by atoms with E-state index in [0.717, 1.165) is 5.56 Å². The molecule has 0 saturated carbocycles. The first-order valence-corrected chi connectivity index (χ1v) is 7.03. The Morgan fingerprint density at radius 1 is 1.26 bits per heavy atom. The number of carbonyl (C=O) groups excluding carboxylic acids is 1. The summed E-state index contributed by atoms with van der Waals surface area (Å²) in [6, 6.07) is 8.70. The van der Waals surface area contributed by atoms with E-state index in [1.54, 1.807) is 0 Å². The van der Waals surface area contributed by atoms with Gasteiger partial charge in [-0.2, -0.15) is 0 Å². The molecular formula is C13H17NO4S. The Hall–Kier alpha value is -1.53. The number of rotatable bonds is 8. The summed E-state index contributed by atoms with van der Waals surface area (Å²) in [5.74, 6) is -0.562. The maximum Gasteiger partial charge on any atom is 0.326 e. The van der Waals surface area contributed by atoms with Crippen LogP contribution in [0.1, 0.15) is 12.0 Å². The van der Waals surface area contributed by atoms with Crippen LogP contribution in [0, 0.1) is 0 Å². The lowest BCUT2D eigenvalue weighted by molar-refractivity contribution is -0.141. The molecule has 0 heterocycles. The number of thioether (sulfide) groups is 1. The molecule has 0 spiro atoms. The summed E-state index contributed by atoms with van der Waals surface area (Å²) in [6.07, 6.45) is 0.0183. The molecule has 1 amide bonds. The Kier molecular flexibility index (Phi) is 6.99. The van der Waals surface area contributed by atoms with Crippen LogP contribution in [0.15, 0.2) is 30.3 Å². The third-order valence-electron chi connectivity index (χ3n) is 2.40. The normalized spacial score (nSPS) is 11.8. The van der Waals surface area contributed by atoms with Crippen molar-refractivity contribution in [3.63, 3.8) is 0 Å². The van der Waals surface area contributed by atoms with Crippen molar-refractivity contribution in [3.8, 4) is 0 Å². The largest absolute Gasteiger partial charge is 0.480 e. The number of aliphatic hydroxyl groups excluding tert-OH is 1. The van der Waals surface area contributed by atoms with Gasteiger partial charge in [-0.1, -0.05) is 30.3 Å². The van der Waals surface area contributed by atoms with Gasteiger partial charge < -0.3 is 15.5 Å². The number of hydrogen-bond acceptors (Lipinski definition) is 4. The molecule has 0 aliphatic carbocycles. The highest BCUT2D eigenvalue weighted by Gasteiger charge is 2.18. The fourth-order valence-electron chi connectivity index (χ4n) is 1.46. The van der Waals surface area contributed by atoms with E-state index < -0.39 is 12.0 Å². The van der Waals surface area contributed by atoms with Gasteiger partial charge >= 0.3 is 5.97 Å². The van der Waals surface area contributed by atoms with Gasteiger partial charge in [0.05, 0.1) is 5.75 Å². The summed E-state index contributed by atoms with van der Waals surface area (Å²) >= 11 is 1.42. The molecule has 1 aromatic carbocycles. The number of nitrogens with one attached hydrogen (secondary N) is 1. The summed E-state index contributed by atoms with van der Waals surface area (Å²) < 4.78 is 0. The molecule has 1 unspecified atom stereocenters. The second kappa shape index (κ2) is 8.55. The topological polar surface area (TPSA) is 86.6 Å². The van der Waals surface area contributed by atoms with Gasteiger partial charge in [0.25, 0.3) is 0 Å². The van der Waals surface area contributed by atoms with Crippen molar-refractivity contribution in [2.24, 2.45) is 0 Å². The first-order chi connectivity index (χ1) is 9.13. The van der Waals surface area contributed by atoms with Crippen LogP contribution in [0.25, 0.3) is 0 Å². The Labute approximate surface area is 116 Å². The van der Waals surface area contributed by atoms with E-state index in [4.69, 9.17) is 10.2 Å². The highest BCUT2D eigenvalue weighted by atomic mass is 32.2. The highest BCUT2D eigenvalue weighted by molar-refractivity contribution is 7.99. The second-order valence-electron chi connectivity index (χ2n) is 3.95. The van der Waals surface area contributed by atoms with Crippen LogP contribution >= 0.6 is 11.8 Å². The van der Waals surface area contributed by atoms with E-state index in [2.05, 4.69) is 5.32 Å². The van der Waals surface area contributed by atoms with Crippen LogP contribution in [0.4, 0.5) is 0 Å². The second-order valence-corrected chi connectivity index (χ2v) is 4.93. The molecule has 0 saturated heterocycles. The summed E-state index contributed by atoms with van der Waals surface area (Å²) in [7, 11) is 0. The molecule has 0 aromatic heterocycles. The molecule has 0 aliphatic heterocycles. The van der Waals surface area contributed by atoms with E-state index in [9.17, 15) is 9.59 Å². The van der Waals surface area contributed by atoms with E-state index in [1.807, 2.05) is 30.3 Å². The van der Waals surface area contributed by atoms with Gasteiger partial charge in [0.1, 0.15) is 6.04 Å². The molecule has 0 aliphatic rings. The van der Waals surface area contributed by atoms with Crippen molar-refractivity contribution >= 4 is 23.6 Å². The number of aliphatic hydroxyl groups is 1. The minimum Gasteiger partial charge on any atom is -0.480 e. The fraction of sp³-hybridized carbons (Fsp3) is 0.385. The molecule has 0 radical (unpaired) electrons. The molecule has 1 aromatic rings. The van der Waals surface area contributed by atoms with E-state index >= 15 is 0 Å². The van der Waals surface area contributed by atoms with E-state index in [0.29, 0.717) is 5.75 Å². The van der Waals surface area contributed by atoms with Crippen molar-refractivity contribution in [1.29, 1.82) is 0 Å². The van der Waals surface area contributed by atoms with Gasteiger partial charge in [-0.15, -0.1) is 11.8 Å². The third-order valence-corrected chi connectivity index (χ3v) is 3.40. The maximum absolute atomic E-state index is 11.5. The Balaban J connectivity index is 2.29. The van der Waals surface area contributed by atoms with Gasteiger partial charge in [0.15, 0.2) is 0 Å². The molecule has 1 rings (SSSR count). The van der Waals surface area contributed by atoms with Crippen molar-refractivity contribution in [1.82, 2.24) is 5.32 Å². The van der Waals surface area contributed by atoms with Crippen LogP contribution in [-0.4, -0.2) is 40.5 Å². The number of carboxylic acids is 1. The predicted molar refractivity (Wildman–Crippen MR) is 73.9 cm³/mol. The quantitative estimate of drug-likeness (QED) is 0.659.